The van der Waals surface area contributed by atoms with Gasteiger partial charge in [0, 0.05) is 0 Å². The first-order valence-electron chi connectivity index (χ1n) is 8.00. The Kier molecular flexibility index (Phi) is 13.1. The molecule has 112 valence electrons. The lowest BCUT2D eigenvalue weighted by Crippen LogP contribution is -2.18. The largest absolute Gasteiger partial charge is 0.545 e. The highest BCUT2D eigenvalue weighted by atomic mass is 16.4. The normalized spacial score (nSPS) is 11.5. The van der Waals surface area contributed by atoms with Crippen molar-refractivity contribution in [2.24, 2.45) is 5.92 Å². The molecule has 0 aliphatic carbocycles. The molecule has 0 bridgehead atoms. The van der Waals surface area contributed by atoms with E-state index >= 15 is 0 Å². The first-order valence-corrected chi connectivity index (χ1v) is 8.00. The summed E-state index contributed by atoms with van der Waals surface area (Å²) in [6.45, 7) is 4.59. The molecule has 0 fully saturated rings. The van der Waals surface area contributed by atoms with Gasteiger partial charge in [0.05, 0.1) is 5.97 Å². The van der Waals surface area contributed by atoms with E-state index in [1.165, 1.54) is 57.8 Å². The minimum absolute atomic E-state index is 0.853. The van der Waals surface area contributed by atoms with Crippen LogP contribution in [0.25, 0.3) is 0 Å². The number of allylic oxidation sites excluding steroid dienone is 1. The predicted octanol–water partition coefficient (Wildman–Crippen LogP) is 4.24. The third-order valence-corrected chi connectivity index (χ3v) is 3.41. The highest BCUT2D eigenvalue weighted by Gasteiger charge is 1.95. The molecule has 0 N–H and O–H groups in total. The van der Waals surface area contributed by atoms with Gasteiger partial charge in [0.25, 0.3) is 0 Å². The second-order valence-corrected chi connectivity index (χ2v) is 5.87. The summed E-state index contributed by atoms with van der Waals surface area (Å²) in [7, 11) is 0. The molecule has 0 saturated heterocycles. The SMILES string of the molecule is CC(C)CCCCCCCCCCC/C=C/C(=O)[O-]. The van der Waals surface area contributed by atoms with Crippen LogP contribution >= 0.6 is 0 Å². The Labute approximate surface area is 119 Å². The van der Waals surface area contributed by atoms with E-state index in [1.807, 2.05) is 0 Å². The number of aliphatic carboxylic acids is 1. The first-order chi connectivity index (χ1) is 9.13. The molecule has 2 heteroatoms. The number of rotatable bonds is 13. The zero-order valence-electron chi connectivity index (χ0n) is 12.8. The van der Waals surface area contributed by atoms with Crippen LogP contribution in [0.3, 0.4) is 0 Å². The molecule has 0 atom stereocenters. The van der Waals surface area contributed by atoms with Gasteiger partial charge in [-0.15, -0.1) is 0 Å². The van der Waals surface area contributed by atoms with Crippen LogP contribution in [0.1, 0.15) is 84.5 Å². The highest BCUT2D eigenvalue weighted by molar-refractivity contribution is 5.77. The standard InChI is InChI=1S/C17H32O2/c1-16(2)14-12-10-8-6-4-3-5-7-9-11-13-15-17(18)19/h13,15-16H,3-12,14H2,1-2H3,(H,18,19)/p-1/b15-13+. The monoisotopic (exact) mass is 267 g/mol. The van der Waals surface area contributed by atoms with Gasteiger partial charge in [-0.3, -0.25) is 0 Å². The van der Waals surface area contributed by atoms with E-state index in [2.05, 4.69) is 13.8 Å². The maximum absolute atomic E-state index is 10.1. The molecule has 0 unspecified atom stereocenters. The van der Waals surface area contributed by atoms with Gasteiger partial charge in [0.1, 0.15) is 0 Å². The number of carboxylic acid groups (broad SMARTS) is 1. The van der Waals surface area contributed by atoms with Gasteiger partial charge in [0.15, 0.2) is 0 Å². The molecule has 0 rings (SSSR count). The van der Waals surface area contributed by atoms with Crippen molar-refractivity contribution in [3.05, 3.63) is 12.2 Å². The van der Waals surface area contributed by atoms with E-state index in [1.54, 1.807) is 6.08 Å². The van der Waals surface area contributed by atoms with Gasteiger partial charge in [-0.1, -0.05) is 77.7 Å². The van der Waals surface area contributed by atoms with Gasteiger partial charge in [-0.2, -0.15) is 0 Å². The number of carbonyl (C=O) groups is 1. The fraction of sp³-hybridized carbons (Fsp3) is 0.824. The zero-order chi connectivity index (χ0) is 14.3. The first kappa shape index (κ1) is 18.2. The van der Waals surface area contributed by atoms with Crippen molar-refractivity contribution < 1.29 is 9.90 Å². The van der Waals surface area contributed by atoms with Gasteiger partial charge in [-0.25, -0.2) is 0 Å². The summed E-state index contributed by atoms with van der Waals surface area (Å²) in [6.07, 6.45) is 16.9. The second-order valence-electron chi connectivity index (χ2n) is 5.87. The molecule has 0 aromatic carbocycles. The van der Waals surface area contributed by atoms with Crippen molar-refractivity contribution in [1.29, 1.82) is 0 Å². The Bertz CT molecular complexity index is 231. The smallest absolute Gasteiger partial charge is 0.0639 e. The summed E-state index contributed by atoms with van der Waals surface area (Å²) in [5.74, 6) is -0.233. The Balaban J connectivity index is 3.05. The van der Waals surface area contributed by atoms with Crippen LogP contribution in [0.2, 0.25) is 0 Å². The van der Waals surface area contributed by atoms with Crippen LogP contribution in [0.5, 0.6) is 0 Å². The van der Waals surface area contributed by atoms with Gasteiger partial charge in [0.2, 0.25) is 0 Å². The number of hydrogen-bond donors (Lipinski definition) is 0. The number of carbonyl (C=O) groups excluding carboxylic acids is 1. The average Bonchev–Trinajstić information content (AvgIpc) is 2.34. The van der Waals surface area contributed by atoms with E-state index in [0.717, 1.165) is 24.8 Å². The van der Waals surface area contributed by atoms with Crippen LogP contribution in [0, 0.1) is 5.92 Å². The lowest BCUT2D eigenvalue weighted by atomic mass is 10.0. The molecule has 2 nitrogen and oxygen atoms in total. The van der Waals surface area contributed by atoms with Crippen LogP contribution < -0.4 is 5.11 Å². The maximum Gasteiger partial charge on any atom is 0.0639 e. The molecule has 0 aliphatic heterocycles. The van der Waals surface area contributed by atoms with Crippen molar-refractivity contribution >= 4 is 5.97 Å². The lowest BCUT2D eigenvalue weighted by molar-refractivity contribution is -0.297. The summed E-state index contributed by atoms with van der Waals surface area (Å²) in [5.41, 5.74) is 0. The van der Waals surface area contributed by atoms with Crippen LogP contribution in [-0.2, 0) is 4.79 Å². The van der Waals surface area contributed by atoms with Crippen LogP contribution in [0.15, 0.2) is 12.2 Å². The summed E-state index contributed by atoms with van der Waals surface area (Å²) < 4.78 is 0. The molecule has 0 saturated carbocycles. The van der Waals surface area contributed by atoms with E-state index < -0.39 is 5.97 Å². The van der Waals surface area contributed by atoms with Crippen molar-refractivity contribution in [3.63, 3.8) is 0 Å². The summed E-state index contributed by atoms with van der Waals surface area (Å²) in [6, 6.07) is 0. The Morgan fingerprint density at radius 1 is 0.895 bits per heavy atom. The Hall–Kier alpha value is -0.790. The number of carboxylic acids is 1. The van der Waals surface area contributed by atoms with Crippen molar-refractivity contribution in [3.8, 4) is 0 Å². The fourth-order valence-corrected chi connectivity index (χ4v) is 2.23. The number of hydrogen-bond acceptors (Lipinski definition) is 2. The molecule has 0 aromatic heterocycles. The molecule has 0 aliphatic rings. The quantitative estimate of drug-likeness (QED) is 0.370. The second kappa shape index (κ2) is 13.6. The average molecular weight is 267 g/mol. The molecule has 0 heterocycles. The van der Waals surface area contributed by atoms with E-state index in [-0.39, 0.29) is 0 Å². The summed E-state index contributed by atoms with van der Waals surface area (Å²) in [4.78, 5) is 10.1. The van der Waals surface area contributed by atoms with Crippen molar-refractivity contribution in [2.75, 3.05) is 0 Å². The Morgan fingerprint density at radius 3 is 1.84 bits per heavy atom. The van der Waals surface area contributed by atoms with Crippen molar-refractivity contribution in [2.45, 2.75) is 84.5 Å². The third-order valence-electron chi connectivity index (χ3n) is 3.41. The molecule has 0 spiro atoms. The van der Waals surface area contributed by atoms with E-state index in [4.69, 9.17) is 0 Å². The minimum Gasteiger partial charge on any atom is -0.545 e. The molecular formula is C17H31O2-. The summed E-state index contributed by atoms with van der Waals surface area (Å²) >= 11 is 0. The molecule has 0 aromatic rings. The van der Waals surface area contributed by atoms with Crippen LogP contribution in [0.4, 0.5) is 0 Å². The maximum atomic E-state index is 10.1. The van der Waals surface area contributed by atoms with E-state index in [0.29, 0.717) is 0 Å². The highest BCUT2D eigenvalue weighted by Crippen LogP contribution is 2.13. The molecule has 19 heavy (non-hydrogen) atoms. The third kappa shape index (κ3) is 17.2. The van der Waals surface area contributed by atoms with Gasteiger partial charge >= 0.3 is 0 Å². The zero-order valence-corrected chi connectivity index (χ0v) is 12.8. The molecule has 0 amide bonds. The minimum atomic E-state index is -1.09. The Morgan fingerprint density at radius 2 is 1.37 bits per heavy atom. The van der Waals surface area contributed by atoms with Crippen molar-refractivity contribution in [1.82, 2.24) is 0 Å². The molecular weight excluding hydrogens is 236 g/mol. The topological polar surface area (TPSA) is 40.1 Å². The van der Waals surface area contributed by atoms with Crippen LogP contribution in [-0.4, -0.2) is 5.97 Å². The fourth-order valence-electron chi connectivity index (χ4n) is 2.23. The number of unbranched alkanes of at least 4 members (excludes halogenated alkanes) is 9. The van der Waals surface area contributed by atoms with Gasteiger partial charge in [-0.05, 0) is 24.8 Å². The summed E-state index contributed by atoms with van der Waals surface area (Å²) in [5, 5.41) is 10.1. The molecule has 0 radical (unpaired) electrons. The van der Waals surface area contributed by atoms with Gasteiger partial charge < -0.3 is 9.90 Å². The lowest BCUT2D eigenvalue weighted by Gasteiger charge is -2.04. The van der Waals surface area contributed by atoms with E-state index in [9.17, 15) is 9.90 Å². The predicted molar refractivity (Wildman–Crippen MR) is 79.8 cm³/mol.